The minimum atomic E-state index is -2.96. The van der Waals surface area contributed by atoms with Crippen molar-refractivity contribution in [3.63, 3.8) is 0 Å². The Balaban J connectivity index is 2.88. The molecule has 6 atom stereocenters. The first-order chi connectivity index (χ1) is 8.23. The largest absolute Gasteiger partial charge is 0.404 e. The molecule has 0 aromatic carbocycles. The van der Waals surface area contributed by atoms with Crippen LogP contribution in [-0.2, 0) is 14.3 Å². The predicted molar refractivity (Wildman–Crippen MR) is 52.7 cm³/mol. The molecule has 0 aromatic rings. The Morgan fingerprint density at radius 3 is 2.39 bits per heavy atom. The van der Waals surface area contributed by atoms with Crippen molar-refractivity contribution in [3.8, 4) is 0 Å². The Morgan fingerprint density at radius 2 is 1.94 bits per heavy atom. The van der Waals surface area contributed by atoms with E-state index >= 15 is 0 Å². The van der Waals surface area contributed by atoms with Crippen LogP contribution in [0.25, 0.3) is 0 Å². The highest BCUT2D eigenvalue weighted by atomic mass is 16.8. The van der Waals surface area contributed by atoms with Crippen LogP contribution >= 0.6 is 0 Å². The van der Waals surface area contributed by atoms with Gasteiger partial charge in [0.15, 0.2) is 6.10 Å². The molecule has 1 heterocycles. The number of aliphatic hydroxyl groups excluding tert-OH is 5. The maximum Gasteiger partial charge on any atom is 0.357 e. The Hall–Kier alpha value is -0.810. The average molecular weight is 268 g/mol. The van der Waals surface area contributed by atoms with Crippen molar-refractivity contribution in [2.75, 3.05) is 6.61 Å². The molecule has 9 nitrogen and oxygen atoms in total. The van der Waals surface area contributed by atoms with Crippen LogP contribution in [0.3, 0.4) is 0 Å². The number of carbonyl (C=O) groups is 1. The molecular formula is C9H16O9. The standard InChI is InChI=1S/C9H16O9/c1-3(11)8(15)18-9(16)7(14)6(13)5(12)4(2-10)17-9/h3-7,10-14,16H,2H2,1H3/t3?,4-,5-,6+,7-,9?/m1/s1. The second kappa shape index (κ2) is 5.45. The smallest absolute Gasteiger partial charge is 0.357 e. The van der Waals surface area contributed by atoms with Gasteiger partial charge in [0.25, 0.3) is 0 Å². The van der Waals surface area contributed by atoms with E-state index in [2.05, 4.69) is 9.47 Å². The van der Waals surface area contributed by atoms with Gasteiger partial charge >= 0.3 is 11.9 Å². The summed E-state index contributed by atoms with van der Waals surface area (Å²) >= 11 is 0. The van der Waals surface area contributed by atoms with Crippen LogP contribution in [0.5, 0.6) is 0 Å². The van der Waals surface area contributed by atoms with Crippen LogP contribution in [0.4, 0.5) is 0 Å². The number of hydrogen-bond donors (Lipinski definition) is 6. The summed E-state index contributed by atoms with van der Waals surface area (Å²) in [5.74, 6) is -4.27. The fourth-order valence-corrected chi connectivity index (χ4v) is 1.44. The second-order valence-electron chi connectivity index (χ2n) is 3.99. The van der Waals surface area contributed by atoms with Gasteiger partial charge in [-0.2, -0.15) is 0 Å². The molecule has 1 fully saturated rings. The molecule has 0 spiro atoms. The van der Waals surface area contributed by atoms with Gasteiger partial charge in [-0.3, -0.25) is 0 Å². The van der Waals surface area contributed by atoms with Crippen molar-refractivity contribution in [2.24, 2.45) is 0 Å². The van der Waals surface area contributed by atoms with Crippen molar-refractivity contribution in [1.29, 1.82) is 0 Å². The SMILES string of the molecule is CC(O)C(=O)OC1(O)O[C@H](CO)[C@@H](O)[C@H](O)[C@H]1O. The topological polar surface area (TPSA) is 157 Å². The van der Waals surface area contributed by atoms with E-state index in [1.54, 1.807) is 0 Å². The summed E-state index contributed by atoms with van der Waals surface area (Å²) in [6.45, 7) is 0.259. The minimum absolute atomic E-state index is 0.792. The second-order valence-corrected chi connectivity index (χ2v) is 3.99. The molecule has 0 amide bonds. The van der Waals surface area contributed by atoms with Crippen molar-refractivity contribution in [2.45, 2.75) is 43.4 Å². The van der Waals surface area contributed by atoms with E-state index in [1.165, 1.54) is 0 Å². The normalized spacial score (nSPS) is 42.4. The van der Waals surface area contributed by atoms with E-state index in [-0.39, 0.29) is 0 Å². The molecule has 2 unspecified atom stereocenters. The third kappa shape index (κ3) is 2.78. The molecule has 1 saturated heterocycles. The zero-order valence-corrected chi connectivity index (χ0v) is 9.50. The zero-order valence-electron chi connectivity index (χ0n) is 9.50. The van der Waals surface area contributed by atoms with Crippen LogP contribution in [0.15, 0.2) is 0 Å². The first kappa shape index (κ1) is 15.2. The summed E-state index contributed by atoms with van der Waals surface area (Å²) in [4.78, 5) is 11.1. The van der Waals surface area contributed by atoms with E-state index < -0.39 is 49.1 Å². The van der Waals surface area contributed by atoms with Gasteiger partial charge in [-0.05, 0) is 6.92 Å². The van der Waals surface area contributed by atoms with E-state index in [4.69, 9.17) is 10.2 Å². The number of carbonyl (C=O) groups excluding carboxylic acids is 1. The molecule has 0 aromatic heterocycles. The van der Waals surface area contributed by atoms with E-state index in [9.17, 15) is 25.2 Å². The maximum atomic E-state index is 11.1. The molecule has 9 heteroatoms. The molecule has 1 aliphatic rings. The van der Waals surface area contributed by atoms with Crippen LogP contribution < -0.4 is 0 Å². The molecular weight excluding hydrogens is 252 g/mol. The molecule has 6 N–H and O–H groups in total. The number of esters is 1. The Kier molecular flexibility index (Phi) is 4.61. The van der Waals surface area contributed by atoms with Crippen molar-refractivity contribution in [3.05, 3.63) is 0 Å². The lowest BCUT2D eigenvalue weighted by Gasteiger charge is -2.43. The lowest BCUT2D eigenvalue weighted by atomic mass is 9.98. The molecule has 0 radical (unpaired) electrons. The molecule has 106 valence electrons. The number of ether oxygens (including phenoxy) is 2. The Labute approximate surface area is 102 Å². The minimum Gasteiger partial charge on any atom is -0.404 e. The third-order valence-electron chi connectivity index (χ3n) is 2.52. The van der Waals surface area contributed by atoms with Gasteiger partial charge in [0.1, 0.15) is 24.4 Å². The van der Waals surface area contributed by atoms with Gasteiger partial charge in [-0.15, -0.1) is 0 Å². The number of rotatable bonds is 3. The summed E-state index contributed by atoms with van der Waals surface area (Å²) in [6, 6.07) is 0. The predicted octanol–water partition coefficient (Wildman–Crippen LogP) is -3.97. The average Bonchev–Trinajstić information content (AvgIpc) is 2.31. The van der Waals surface area contributed by atoms with Crippen LogP contribution in [0.1, 0.15) is 6.92 Å². The molecule has 18 heavy (non-hydrogen) atoms. The van der Waals surface area contributed by atoms with Crippen molar-refractivity contribution in [1.82, 2.24) is 0 Å². The lowest BCUT2D eigenvalue weighted by Crippen LogP contribution is -2.66. The van der Waals surface area contributed by atoms with E-state index in [0.717, 1.165) is 6.92 Å². The third-order valence-corrected chi connectivity index (χ3v) is 2.52. The fraction of sp³-hybridized carbons (Fsp3) is 0.889. The summed E-state index contributed by atoms with van der Waals surface area (Å²) in [5, 5.41) is 55.8. The van der Waals surface area contributed by atoms with Crippen LogP contribution in [-0.4, -0.2) is 79.7 Å². The summed E-state index contributed by atoms with van der Waals surface area (Å²) in [5.41, 5.74) is 0. The van der Waals surface area contributed by atoms with Gasteiger partial charge in [0, 0.05) is 0 Å². The maximum absolute atomic E-state index is 11.1. The Morgan fingerprint density at radius 1 is 1.39 bits per heavy atom. The molecule has 0 saturated carbocycles. The van der Waals surface area contributed by atoms with Crippen molar-refractivity contribution >= 4 is 5.97 Å². The van der Waals surface area contributed by atoms with E-state index in [1.807, 2.05) is 0 Å². The van der Waals surface area contributed by atoms with Crippen molar-refractivity contribution < 1.29 is 44.9 Å². The van der Waals surface area contributed by atoms with E-state index in [0.29, 0.717) is 0 Å². The summed E-state index contributed by atoms with van der Waals surface area (Å²) in [6.07, 6.45) is -8.78. The van der Waals surface area contributed by atoms with Gasteiger partial charge in [-0.1, -0.05) is 0 Å². The first-order valence-corrected chi connectivity index (χ1v) is 5.19. The summed E-state index contributed by atoms with van der Waals surface area (Å²) < 4.78 is 8.95. The van der Waals surface area contributed by atoms with Gasteiger partial charge in [-0.25, -0.2) is 4.79 Å². The van der Waals surface area contributed by atoms with Gasteiger partial charge in [0.05, 0.1) is 6.61 Å². The quantitative estimate of drug-likeness (QED) is 0.222. The van der Waals surface area contributed by atoms with Crippen LogP contribution in [0, 0.1) is 0 Å². The first-order valence-electron chi connectivity index (χ1n) is 5.19. The van der Waals surface area contributed by atoms with Crippen LogP contribution in [0.2, 0.25) is 0 Å². The molecule has 1 aliphatic heterocycles. The Bertz CT molecular complexity index is 304. The number of aliphatic hydroxyl groups is 6. The molecule has 1 rings (SSSR count). The monoisotopic (exact) mass is 268 g/mol. The molecule has 0 aliphatic carbocycles. The fourth-order valence-electron chi connectivity index (χ4n) is 1.44. The number of hydrogen-bond acceptors (Lipinski definition) is 9. The zero-order chi connectivity index (χ0) is 14.1. The highest BCUT2D eigenvalue weighted by molar-refractivity contribution is 5.74. The summed E-state index contributed by atoms with van der Waals surface area (Å²) in [7, 11) is 0. The lowest BCUT2D eigenvalue weighted by molar-refractivity contribution is -0.435. The highest BCUT2D eigenvalue weighted by Crippen LogP contribution is 2.29. The van der Waals surface area contributed by atoms with Gasteiger partial charge in [0.2, 0.25) is 0 Å². The highest BCUT2D eigenvalue weighted by Gasteiger charge is 2.56. The molecule has 0 bridgehead atoms. The van der Waals surface area contributed by atoms with Gasteiger partial charge < -0.3 is 40.1 Å².